The number of esters is 1. The van der Waals surface area contributed by atoms with Crippen LogP contribution in [0.15, 0.2) is 12.1 Å². The highest BCUT2D eigenvalue weighted by molar-refractivity contribution is 6.29. The van der Waals surface area contributed by atoms with Gasteiger partial charge in [0.15, 0.2) is 0 Å². The number of ether oxygens (including phenoxy) is 1. The van der Waals surface area contributed by atoms with Crippen LogP contribution in [0.2, 0.25) is 5.15 Å². The summed E-state index contributed by atoms with van der Waals surface area (Å²) < 4.78 is 4.71. The van der Waals surface area contributed by atoms with E-state index >= 15 is 0 Å². The second kappa shape index (κ2) is 7.39. The number of aromatic nitrogens is 1. The summed E-state index contributed by atoms with van der Waals surface area (Å²) in [5.74, 6) is -2.42. The van der Waals surface area contributed by atoms with Gasteiger partial charge in [0.25, 0.3) is 0 Å². The number of aliphatic carboxylic acids is 1. The van der Waals surface area contributed by atoms with Gasteiger partial charge in [0.1, 0.15) is 11.2 Å². The van der Waals surface area contributed by atoms with Gasteiger partial charge < -0.3 is 15.2 Å². The van der Waals surface area contributed by atoms with Gasteiger partial charge >= 0.3 is 17.6 Å². The Bertz CT molecular complexity index is 565. The number of nitro groups is 1. The van der Waals surface area contributed by atoms with Crippen LogP contribution in [-0.2, 0) is 14.3 Å². The van der Waals surface area contributed by atoms with Crippen LogP contribution < -0.4 is 5.32 Å². The number of hydrogen-bond acceptors (Lipinski definition) is 7. The molecule has 0 aliphatic rings. The van der Waals surface area contributed by atoms with E-state index in [9.17, 15) is 19.7 Å². The first-order valence-electron chi connectivity index (χ1n) is 5.81. The van der Waals surface area contributed by atoms with Crippen LogP contribution in [0.25, 0.3) is 0 Å². The summed E-state index contributed by atoms with van der Waals surface area (Å²) >= 11 is 5.65. The average Bonchev–Trinajstić information content (AvgIpc) is 2.37. The molecule has 0 spiro atoms. The van der Waals surface area contributed by atoms with E-state index in [1.807, 2.05) is 0 Å². The number of anilines is 1. The summed E-state index contributed by atoms with van der Waals surface area (Å²) in [5, 5.41) is 22.0. The van der Waals surface area contributed by atoms with Crippen molar-refractivity contribution in [1.82, 2.24) is 4.98 Å². The molecule has 0 aliphatic carbocycles. The molecule has 10 heteroatoms. The summed E-state index contributed by atoms with van der Waals surface area (Å²) in [7, 11) is 0. The zero-order chi connectivity index (χ0) is 16.0. The van der Waals surface area contributed by atoms with Gasteiger partial charge in [0, 0.05) is 6.07 Å². The Hall–Kier alpha value is -2.42. The molecule has 0 bridgehead atoms. The molecule has 1 unspecified atom stereocenters. The van der Waals surface area contributed by atoms with Crippen molar-refractivity contribution in [3.8, 4) is 0 Å². The quantitative estimate of drug-likeness (QED) is 0.334. The lowest BCUT2D eigenvalue weighted by atomic mass is 10.2. The molecule has 0 saturated carbocycles. The van der Waals surface area contributed by atoms with Crippen molar-refractivity contribution in [2.45, 2.75) is 19.4 Å². The Balaban J connectivity index is 3.07. The van der Waals surface area contributed by atoms with Gasteiger partial charge in [0.05, 0.1) is 18.0 Å². The standard InChI is InChI=1S/C11H12ClN3O6/c1-2-21-11(18)6(5-9(16)17)13-10-7(15(19)20)3-4-8(12)14-10/h3-4,6H,2,5H2,1H3,(H,13,14)(H,16,17). The monoisotopic (exact) mass is 317 g/mol. The number of pyridine rings is 1. The highest BCUT2D eigenvalue weighted by Gasteiger charge is 2.27. The zero-order valence-electron chi connectivity index (χ0n) is 10.9. The number of carboxylic acids is 1. The number of carboxylic acid groups (broad SMARTS) is 1. The Kier molecular flexibility index (Phi) is 5.85. The summed E-state index contributed by atoms with van der Waals surface area (Å²) in [6.07, 6.45) is -0.621. The number of hydrogen-bond donors (Lipinski definition) is 2. The molecule has 1 aromatic rings. The maximum atomic E-state index is 11.7. The van der Waals surface area contributed by atoms with Crippen molar-refractivity contribution in [3.05, 3.63) is 27.4 Å². The van der Waals surface area contributed by atoms with Crippen LogP contribution >= 0.6 is 11.6 Å². The largest absolute Gasteiger partial charge is 0.481 e. The normalized spacial score (nSPS) is 11.5. The van der Waals surface area contributed by atoms with E-state index in [4.69, 9.17) is 21.4 Å². The number of carbonyl (C=O) groups is 2. The number of nitrogens with one attached hydrogen (secondary N) is 1. The molecular formula is C11H12ClN3O6. The topological polar surface area (TPSA) is 132 Å². The minimum absolute atomic E-state index is 0.0407. The van der Waals surface area contributed by atoms with E-state index in [1.165, 1.54) is 6.07 Å². The Morgan fingerprint density at radius 2 is 2.24 bits per heavy atom. The van der Waals surface area contributed by atoms with Gasteiger partial charge in [-0.1, -0.05) is 11.6 Å². The van der Waals surface area contributed by atoms with E-state index in [0.29, 0.717) is 0 Å². The Morgan fingerprint density at radius 3 is 2.76 bits per heavy atom. The minimum Gasteiger partial charge on any atom is -0.481 e. The predicted molar refractivity (Wildman–Crippen MR) is 72.2 cm³/mol. The van der Waals surface area contributed by atoms with Gasteiger partial charge in [-0.3, -0.25) is 14.9 Å². The highest BCUT2D eigenvalue weighted by atomic mass is 35.5. The van der Waals surface area contributed by atoms with Crippen molar-refractivity contribution in [3.63, 3.8) is 0 Å². The summed E-state index contributed by atoms with van der Waals surface area (Å²) in [5.41, 5.74) is -0.431. The van der Waals surface area contributed by atoms with Gasteiger partial charge in [-0.15, -0.1) is 0 Å². The van der Waals surface area contributed by atoms with E-state index < -0.39 is 35.0 Å². The lowest BCUT2D eigenvalue weighted by molar-refractivity contribution is -0.384. The first-order chi connectivity index (χ1) is 9.85. The molecule has 21 heavy (non-hydrogen) atoms. The van der Waals surface area contributed by atoms with Crippen molar-refractivity contribution >= 4 is 35.0 Å². The van der Waals surface area contributed by atoms with E-state index in [1.54, 1.807) is 6.92 Å². The fourth-order valence-corrected chi connectivity index (χ4v) is 1.60. The third-order valence-electron chi connectivity index (χ3n) is 2.30. The lowest BCUT2D eigenvalue weighted by Crippen LogP contribution is -2.34. The Labute approximate surface area is 124 Å². The first-order valence-corrected chi connectivity index (χ1v) is 6.18. The second-order valence-corrected chi connectivity index (χ2v) is 4.19. The SMILES string of the molecule is CCOC(=O)C(CC(=O)O)Nc1nc(Cl)ccc1[N+](=O)[O-]. The smallest absolute Gasteiger partial charge is 0.329 e. The third-order valence-corrected chi connectivity index (χ3v) is 2.51. The second-order valence-electron chi connectivity index (χ2n) is 3.81. The fraction of sp³-hybridized carbons (Fsp3) is 0.364. The molecule has 0 saturated heterocycles. The van der Waals surface area contributed by atoms with Crippen LogP contribution in [-0.4, -0.2) is 39.6 Å². The predicted octanol–water partition coefficient (Wildman–Crippen LogP) is 1.46. The number of nitrogens with zero attached hydrogens (tertiary/aromatic N) is 2. The number of carbonyl (C=O) groups excluding carboxylic acids is 1. The van der Waals surface area contributed by atoms with E-state index in [-0.39, 0.29) is 17.6 Å². The average molecular weight is 318 g/mol. The van der Waals surface area contributed by atoms with Crippen LogP contribution in [0.5, 0.6) is 0 Å². The molecular weight excluding hydrogens is 306 g/mol. The van der Waals surface area contributed by atoms with Gasteiger partial charge in [-0.2, -0.15) is 0 Å². The van der Waals surface area contributed by atoms with E-state index in [2.05, 4.69) is 10.3 Å². The number of halogens is 1. The fourth-order valence-electron chi connectivity index (χ4n) is 1.46. The molecule has 114 valence electrons. The molecule has 1 heterocycles. The van der Waals surface area contributed by atoms with Crippen LogP contribution in [0, 0.1) is 10.1 Å². The summed E-state index contributed by atoms with van der Waals surface area (Å²) in [6.45, 7) is 1.59. The molecule has 1 rings (SSSR count). The van der Waals surface area contributed by atoms with Gasteiger partial charge in [-0.05, 0) is 13.0 Å². The minimum atomic E-state index is -1.31. The number of rotatable bonds is 7. The van der Waals surface area contributed by atoms with Crippen molar-refractivity contribution in [2.24, 2.45) is 0 Å². The molecule has 9 nitrogen and oxygen atoms in total. The summed E-state index contributed by atoms with van der Waals surface area (Å²) in [4.78, 5) is 36.3. The molecule has 1 atom stereocenters. The molecule has 0 radical (unpaired) electrons. The van der Waals surface area contributed by atoms with Gasteiger partial charge in [-0.25, -0.2) is 9.78 Å². The maximum Gasteiger partial charge on any atom is 0.329 e. The first kappa shape index (κ1) is 16.6. The van der Waals surface area contributed by atoms with Crippen molar-refractivity contribution < 1.29 is 24.4 Å². The van der Waals surface area contributed by atoms with Crippen LogP contribution in [0.4, 0.5) is 11.5 Å². The highest BCUT2D eigenvalue weighted by Crippen LogP contribution is 2.25. The third kappa shape index (κ3) is 4.88. The van der Waals surface area contributed by atoms with Crippen molar-refractivity contribution in [2.75, 3.05) is 11.9 Å². The van der Waals surface area contributed by atoms with Crippen molar-refractivity contribution in [1.29, 1.82) is 0 Å². The van der Waals surface area contributed by atoms with Crippen LogP contribution in [0.1, 0.15) is 13.3 Å². The molecule has 0 amide bonds. The Morgan fingerprint density at radius 1 is 1.57 bits per heavy atom. The molecule has 0 fully saturated rings. The summed E-state index contributed by atoms with van der Waals surface area (Å²) in [6, 6.07) is 0.995. The molecule has 0 aromatic carbocycles. The van der Waals surface area contributed by atoms with Crippen LogP contribution in [0.3, 0.4) is 0 Å². The molecule has 1 aromatic heterocycles. The maximum absolute atomic E-state index is 11.7. The lowest BCUT2D eigenvalue weighted by Gasteiger charge is -2.15. The van der Waals surface area contributed by atoms with Gasteiger partial charge in [0.2, 0.25) is 5.82 Å². The molecule has 2 N–H and O–H groups in total. The van der Waals surface area contributed by atoms with E-state index in [0.717, 1.165) is 6.07 Å². The molecule has 0 aliphatic heterocycles. The zero-order valence-corrected chi connectivity index (χ0v) is 11.7.